The third-order valence-electron chi connectivity index (χ3n) is 4.93. The number of carbonyl (C=O) groups is 1. The molecule has 1 atom stereocenters. The van der Waals surface area contributed by atoms with E-state index in [9.17, 15) is 13.6 Å². The Morgan fingerprint density at radius 3 is 2.58 bits per heavy atom. The lowest BCUT2D eigenvalue weighted by Gasteiger charge is -2.28. The van der Waals surface area contributed by atoms with E-state index in [1.165, 1.54) is 12.1 Å². The summed E-state index contributed by atoms with van der Waals surface area (Å²) >= 11 is 5.89. The summed E-state index contributed by atoms with van der Waals surface area (Å²) in [6, 6.07) is 8.73. The molecule has 1 aliphatic rings. The van der Waals surface area contributed by atoms with Gasteiger partial charge in [-0.1, -0.05) is 42.6 Å². The first-order valence-electron chi connectivity index (χ1n) is 8.67. The Kier molecular flexibility index (Phi) is 5.77. The normalized spacial score (nSPS) is 15.8. The van der Waals surface area contributed by atoms with Crippen LogP contribution in [0.4, 0.5) is 14.5 Å². The summed E-state index contributed by atoms with van der Waals surface area (Å²) in [7, 11) is 0. The van der Waals surface area contributed by atoms with Crippen molar-refractivity contribution in [1.82, 2.24) is 0 Å². The van der Waals surface area contributed by atoms with Crippen molar-refractivity contribution >= 4 is 23.3 Å². The van der Waals surface area contributed by atoms with Gasteiger partial charge in [0, 0.05) is 11.3 Å². The van der Waals surface area contributed by atoms with Gasteiger partial charge in [0.1, 0.15) is 11.6 Å². The molecule has 1 saturated carbocycles. The highest BCUT2D eigenvalue weighted by atomic mass is 35.5. The van der Waals surface area contributed by atoms with Crippen molar-refractivity contribution in [2.75, 3.05) is 5.32 Å². The van der Waals surface area contributed by atoms with Gasteiger partial charge in [0.15, 0.2) is 0 Å². The van der Waals surface area contributed by atoms with Crippen molar-refractivity contribution < 1.29 is 18.7 Å². The standard InChI is InChI=1S/C20H20ClF2NO2/c21-14-9-10-15(22)18(19(14)23)20(12-5-1-2-6-12)24-16-8-4-3-7-13(16)11-17(25)26/h3-4,7-10,12,20,24H,1-2,5-6,11H2,(H,25,26). The fourth-order valence-corrected chi connectivity index (χ4v) is 3.85. The molecule has 0 spiro atoms. The summed E-state index contributed by atoms with van der Waals surface area (Å²) in [6.45, 7) is 0. The second-order valence-electron chi connectivity index (χ2n) is 6.65. The molecule has 2 N–H and O–H groups in total. The average Bonchev–Trinajstić information content (AvgIpc) is 3.13. The van der Waals surface area contributed by atoms with Crippen LogP contribution in [0.15, 0.2) is 36.4 Å². The second kappa shape index (κ2) is 8.04. The zero-order valence-corrected chi connectivity index (χ0v) is 14.9. The SMILES string of the molecule is O=C(O)Cc1ccccc1NC(c1c(F)ccc(Cl)c1F)C1CCCC1. The van der Waals surface area contributed by atoms with Crippen molar-refractivity contribution in [1.29, 1.82) is 0 Å². The predicted molar refractivity (Wildman–Crippen MR) is 97.5 cm³/mol. The quantitative estimate of drug-likeness (QED) is 0.643. The largest absolute Gasteiger partial charge is 0.481 e. The molecule has 2 aromatic rings. The van der Waals surface area contributed by atoms with Crippen molar-refractivity contribution in [3.63, 3.8) is 0 Å². The fraction of sp³-hybridized carbons (Fsp3) is 0.350. The second-order valence-corrected chi connectivity index (χ2v) is 7.06. The molecular weight excluding hydrogens is 360 g/mol. The number of anilines is 1. The smallest absolute Gasteiger partial charge is 0.307 e. The van der Waals surface area contributed by atoms with Crippen molar-refractivity contribution in [3.05, 3.63) is 64.2 Å². The summed E-state index contributed by atoms with van der Waals surface area (Å²) in [6.07, 6.45) is 3.54. The fourth-order valence-electron chi connectivity index (χ4n) is 3.69. The van der Waals surface area contributed by atoms with Crippen LogP contribution in [-0.4, -0.2) is 11.1 Å². The van der Waals surface area contributed by atoms with E-state index in [4.69, 9.17) is 16.7 Å². The lowest BCUT2D eigenvalue weighted by molar-refractivity contribution is -0.136. The number of para-hydroxylation sites is 1. The van der Waals surface area contributed by atoms with E-state index in [1.54, 1.807) is 24.3 Å². The predicted octanol–water partition coefficient (Wildman–Crippen LogP) is 5.59. The highest BCUT2D eigenvalue weighted by Gasteiger charge is 2.32. The first-order chi connectivity index (χ1) is 12.5. The van der Waals surface area contributed by atoms with Gasteiger partial charge in [0.25, 0.3) is 0 Å². The first kappa shape index (κ1) is 18.6. The van der Waals surface area contributed by atoms with E-state index in [1.807, 2.05) is 0 Å². The van der Waals surface area contributed by atoms with Crippen LogP contribution in [0.5, 0.6) is 0 Å². The van der Waals surface area contributed by atoms with Crippen LogP contribution in [0.3, 0.4) is 0 Å². The number of hydrogen-bond acceptors (Lipinski definition) is 2. The van der Waals surface area contributed by atoms with Gasteiger partial charge in [-0.25, -0.2) is 8.78 Å². The Hall–Kier alpha value is -2.14. The summed E-state index contributed by atoms with van der Waals surface area (Å²) < 4.78 is 29.2. The number of aliphatic carboxylic acids is 1. The molecule has 1 fully saturated rings. The van der Waals surface area contributed by atoms with Crippen LogP contribution in [0.25, 0.3) is 0 Å². The van der Waals surface area contributed by atoms with Gasteiger partial charge in [-0.15, -0.1) is 0 Å². The molecular formula is C20H20ClF2NO2. The molecule has 2 aromatic carbocycles. The Morgan fingerprint density at radius 2 is 1.88 bits per heavy atom. The average molecular weight is 380 g/mol. The van der Waals surface area contributed by atoms with Crippen LogP contribution < -0.4 is 5.32 Å². The summed E-state index contributed by atoms with van der Waals surface area (Å²) in [5.41, 5.74) is 1.07. The zero-order valence-electron chi connectivity index (χ0n) is 14.1. The van der Waals surface area contributed by atoms with E-state index in [2.05, 4.69) is 5.32 Å². The Morgan fingerprint density at radius 1 is 1.19 bits per heavy atom. The number of benzene rings is 2. The molecule has 0 amide bonds. The first-order valence-corrected chi connectivity index (χ1v) is 9.04. The highest BCUT2D eigenvalue weighted by molar-refractivity contribution is 6.30. The number of hydrogen-bond donors (Lipinski definition) is 2. The minimum absolute atomic E-state index is 0.0513. The van der Waals surface area contributed by atoms with Gasteiger partial charge in [-0.3, -0.25) is 4.79 Å². The Bertz CT molecular complexity index is 806. The van der Waals surface area contributed by atoms with E-state index in [0.717, 1.165) is 25.7 Å². The zero-order chi connectivity index (χ0) is 18.7. The molecule has 0 saturated heterocycles. The van der Waals surface area contributed by atoms with Crippen molar-refractivity contribution in [3.8, 4) is 0 Å². The lowest BCUT2D eigenvalue weighted by atomic mass is 9.90. The Balaban J connectivity index is 2.02. The van der Waals surface area contributed by atoms with Crippen LogP contribution in [0, 0.1) is 17.6 Å². The van der Waals surface area contributed by atoms with Crippen molar-refractivity contribution in [2.24, 2.45) is 5.92 Å². The molecule has 0 radical (unpaired) electrons. The third-order valence-corrected chi connectivity index (χ3v) is 5.22. The van der Waals surface area contributed by atoms with Crippen molar-refractivity contribution in [2.45, 2.75) is 38.1 Å². The van der Waals surface area contributed by atoms with Gasteiger partial charge >= 0.3 is 5.97 Å². The maximum atomic E-state index is 14.7. The van der Waals surface area contributed by atoms with Gasteiger partial charge < -0.3 is 10.4 Å². The number of carboxylic acid groups (broad SMARTS) is 1. The van der Waals surface area contributed by atoms with Gasteiger partial charge in [0.2, 0.25) is 0 Å². The van der Waals surface area contributed by atoms with Crippen LogP contribution in [0.2, 0.25) is 5.02 Å². The molecule has 3 rings (SSSR count). The van der Waals surface area contributed by atoms with E-state index in [-0.39, 0.29) is 22.9 Å². The maximum absolute atomic E-state index is 14.7. The number of nitrogens with one attached hydrogen (secondary N) is 1. The van der Waals surface area contributed by atoms with Gasteiger partial charge in [-0.05, 0) is 42.5 Å². The molecule has 0 aromatic heterocycles. The summed E-state index contributed by atoms with van der Waals surface area (Å²) in [4.78, 5) is 11.1. The number of rotatable bonds is 6. The van der Waals surface area contributed by atoms with E-state index < -0.39 is 23.6 Å². The molecule has 1 unspecified atom stereocenters. The summed E-state index contributed by atoms with van der Waals surface area (Å²) in [5, 5.41) is 12.2. The number of carboxylic acids is 1. The molecule has 3 nitrogen and oxygen atoms in total. The molecule has 1 aliphatic carbocycles. The van der Waals surface area contributed by atoms with Crippen LogP contribution in [0.1, 0.15) is 42.9 Å². The lowest BCUT2D eigenvalue weighted by Crippen LogP contribution is -2.23. The highest BCUT2D eigenvalue weighted by Crippen LogP contribution is 2.41. The van der Waals surface area contributed by atoms with Gasteiger partial charge in [-0.2, -0.15) is 0 Å². The molecule has 26 heavy (non-hydrogen) atoms. The van der Waals surface area contributed by atoms with E-state index >= 15 is 0 Å². The topological polar surface area (TPSA) is 49.3 Å². The Labute approximate surface area is 156 Å². The minimum Gasteiger partial charge on any atom is -0.481 e. The molecule has 0 aliphatic heterocycles. The summed E-state index contributed by atoms with van der Waals surface area (Å²) in [5.74, 6) is -2.31. The molecule has 6 heteroatoms. The van der Waals surface area contributed by atoms with Crippen LogP contribution in [-0.2, 0) is 11.2 Å². The minimum atomic E-state index is -0.961. The molecule has 138 valence electrons. The van der Waals surface area contributed by atoms with Crippen LogP contribution >= 0.6 is 11.6 Å². The number of halogens is 3. The maximum Gasteiger partial charge on any atom is 0.307 e. The third kappa shape index (κ3) is 3.98. The molecule has 0 bridgehead atoms. The monoisotopic (exact) mass is 379 g/mol. The van der Waals surface area contributed by atoms with Gasteiger partial charge in [0.05, 0.1) is 17.5 Å². The van der Waals surface area contributed by atoms with E-state index in [0.29, 0.717) is 11.3 Å². The molecule has 0 heterocycles.